The van der Waals surface area contributed by atoms with E-state index in [1.165, 1.54) is 12.8 Å². The number of methoxy groups -OCH3 is 1. The fourth-order valence-corrected chi connectivity index (χ4v) is 5.91. The number of ether oxygens (including phenoxy) is 1. The van der Waals surface area contributed by atoms with Crippen LogP contribution in [0.15, 0.2) is 24.4 Å². The summed E-state index contributed by atoms with van der Waals surface area (Å²) in [6.45, 7) is 10.3. The molecule has 2 heterocycles. The van der Waals surface area contributed by atoms with E-state index in [1.807, 2.05) is 27.9 Å². The third-order valence-corrected chi connectivity index (χ3v) is 7.78. The van der Waals surface area contributed by atoms with Crippen LogP contribution in [0.1, 0.15) is 63.7 Å². The van der Waals surface area contributed by atoms with Gasteiger partial charge in [0.15, 0.2) is 5.82 Å². The highest BCUT2D eigenvalue weighted by molar-refractivity contribution is 6.01. The fraction of sp³-hybridized carbons (Fsp3) is 0.600. The summed E-state index contributed by atoms with van der Waals surface area (Å²) in [6, 6.07) is 5.64. The Morgan fingerprint density at radius 3 is 2.58 bits per heavy atom. The SMILES string of the molecule is COc1cc(C(=O)NCC(C)(C)CN(C)C)ccc1Nc1ncc2c(n1)N(C1CCCC1)CC(C)(C)C(=O)N2C. The molecule has 2 aliphatic rings. The maximum absolute atomic E-state index is 13.3. The van der Waals surface area contributed by atoms with Crippen LogP contribution >= 0.6 is 0 Å². The van der Waals surface area contributed by atoms with Gasteiger partial charge in [-0.2, -0.15) is 4.98 Å². The predicted molar refractivity (Wildman–Crippen MR) is 160 cm³/mol. The van der Waals surface area contributed by atoms with E-state index in [9.17, 15) is 9.59 Å². The molecule has 2 aromatic rings. The second-order valence-corrected chi connectivity index (χ2v) is 12.8. The molecule has 0 atom stereocenters. The number of nitrogens with one attached hydrogen (secondary N) is 2. The summed E-state index contributed by atoms with van der Waals surface area (Å²) < 4.78 is 5.63. The number of aromatic nitrogens is 2. The number of carbonyl (C=O) groups is 2. The zero-order valence-corrected chi connectivity index (χ0v) is 25.3. The van der Waals surface area contributed by atoms with Crippen molar-refractivity contribution in [3.8, 4) is 5.75 Å². The third kappa shape index (κ3) is 6.49. The van der Waals surface area contributed by atoms with Crippen molar-refractivity contribution >= 4 is 35.0 Å². The lowest BCUT2D eigenvalue weighted by molar-refractivity contribution is -0.125. The molecule has 0 radical (unpaired) electrons. The highest BCUT2D eigenvalue weighted by atomic mass is 16.5. The molecule has 2 N–H and O–H groups in total. The Hall–Kier alpha value is -3.40. The molecule has 10 heteroatoms. The zero-order chi connectivity index (χ0) is 29.2. The minimum absolute atomic E-state index is 0.0548. The van der Waals surface area contributed by atoms with E-state index < -0.39 is 5.41 Å². The molecule has 1 fully saturated rings. The van der Waals surface area contributed by atoms with Crippen molar-refractivity contribution in [1.29, 1.82) is 0 Å². The highest BCUT2D eigenvalue weighted by Crippen LogP contribution is 2.40. The molecule has 1 aliphatic carbocycles. The van der Waals surface area contributed by atoms with Crippen LogP contribution in [-0.2, 0) is 4.79 Å². The van der Waals surface area contributed by atoms with Crippen LogP contribution in [0.25, 0.3) is 0 Å². The molecule has 4 rings (SSSR count). The second-order valence-electron chi connectivity index (χ2n) is 12.8. The van der Waals surface area contributed by atoms with Crippen molar-refractivity contribution in [1.82, 2.24) is 20.2 Å². The van der Waals surface area contributed by atoms with Gasteiger partial charge in [-0.1, -0.05) is 26.7 Å². The Kier molecular flexibility index (Phi) is 8.58. The molecule has 40 heavy (non-hydrogen) atoms. The van der Waals surface area contributed by atoms with Crippen LogP contribution in [-0.4, -0.2) is 80.6 Å². The van der Waals surface area contributed by atoms with E-state index in [1.54, 1.807) is 43.5 Å². The molecule has 1 saturated carbocycles. The van der Waals surface area contributed by atoms with E-state index in [0.717, 1.165) is 25.2 Å². The first kappa shape index (κ1) is 29.6. The Bertz CT molecular complexity index is 1240. The summed E-state index contributed by atoms with van der Waals surface area (Å²) in [5, 5.41) is 6.33. The maximum atomic E-state index is 13.3. The zero-order valence-electron chi connectivity index (χ0n) is 25.3. The molecule has 218 valence electrons. The van der Waals surface area contributed by atoms with Gasteiger partial charge in [0.2, 0.25) is 11.9 Å². The summed E-state index contributed by atoms with van der Waals surface area (Å²) in [5.74, 6) is 1.59. The van der Waals surface area contributed by atoms with E-state index >= 15 is 0 Å². The van der Waals surface area contributed by atoms with Crippen molar-refractivity contribution in [2.75, 3.05) is 63.0 Å². The van der Waals surface area contributed by atoms with Crippen molar-refractivity contribution in [3.63, 3.8) is 0 Å². The molecular formula is C30H45N7O3. The number of carbonyl (C=O) groups excluding carboxylic acids is 2. The highest BCUT2D eigenvalue weighted by Gasteiger charge is 2.41. The topological polar surface area (TPSA) is 103 Å². The van der Waals surface area contributed by atoms with Gasteiger partial charge in [-0.05, 0) is 64.4 Å². The number of rotatable bonds is 9. The van der Waals surface area contributed by atoms with Gasteiger partial charge in [0.25, 0.3) is 5.91 Å². The van der Waals surface area contributed by atoms with Crippen molar-refractivity contribution in [2.24, 2.45) is 10.8 Å². The summed E-state index contributed by atoms with van der Waals surface area (Å²) in [5.41, 5.74) is 1.27. The van der Waals surface area contributed by atoms with Crippen LogP contribution in [0.5, 0.6) is 5.75 Å². The van der Waals surface area contributed by atoms with Gasteiger partial charge in [0, 0.05) is 38.3 Å². The minimum atomic E-state index is -0.549. The van der Waals surface area contributed by atoms with Gasteiger partial charge in [-0.15, -0.1) is 0 Å². The number of anilines is 4. The third-order valence-electron chi connectivity index (χ3n) is 7.78. The first-order chi connectivity index (χ1) is 18.8. The van der Waals surface area contributed by atoms with Gasteiger partial charge in [0.1, 0.15) is 11.4 Å². The normalized spacial score (nSPS) is 17.6. The van der Waals surface area contributed by atoms with E-state index in [2.05, 4.69) is 39.3 Å². The molecular weight excluding hydrogens is 506 g/mol. The van der Waals surface area contributed by atoms with E-state index in [-0.39, 0.29) is 17.2 Å². The summed E-state index contributed by atoms with van der Waals surface area (Å²) >= 11 is 0. The number of nitrogens with zero attached hydrogens (tertiary/aromatic N) is 5. The average Bonchev–Trinajstić information content (AvgIpc) is 3.42. The first-order valence-corrected chi connectivity index (χ1v) is 14.1. The number of fused-ring (bicyclic) bond motifs is 1. The Labute approximate surface area is 238 Å². The number of hydrogen-bond donors (Lipinski definition) is 2. The van der Waals surface area contributed by atoms with Crippen molar-refractivity contribution in [3.05, 3.63) is 30.0 Å². The molecule has 1 aromatic carbocycles. The maximum Gasteiger partial charge on any atom is 0.251 e. The molecule has 10 nitrogen and oxygen atoms in total. The molecule has 0 spiro atoms. The van der Waals surface area contributed by atoms with E-state index in [4.69, 9.17) is 9.72 Å². The van der Waals surface area contributed by atoms with Crippen LogP contribution in [0, 0.1) is 10.8 Å². The van der Waals surface area contributed by atoms with Gasteiger partial charge in [-0.3, -0.25) is 9.59 Å². The van der Waals surface area contributed by atoms with Gasteiger partial charge >= 0.3 is 0 Å². The molecule has 1 aliphatic heterocycles. The molecule has 0 unspecified atom stereocenters. The number of benzene rings is 1. The van der Waals surface area contributed by atoms with Crippen LogP contribution in [0.3, 0.4) is 0 Å². The lowest BCUT2D eigenvalue weighted by atomic mass is 9.91. The van der Waals surface area contributed by atoms with Crippen LogP contribution in [0.4, 0.5) is 23.1 Å². The Morgan fingerprint density at radius 2 is 1.93 bits per heavy atom. The number of amides is 2. The van der Waals surface area contributed by atoms with Crippen LogP contribution < -0.4 is 25.2 Å². The van der Waals surface area contributed by atoms with Crippen molar-refractivity contribution in [2.45, 2.75) is 59.4 Å². The molecule has 1 aromatic heterocycles. The molecule has 2 amide bonds. The van der Waals surface area contributed by atoms with E-state index in [0.29, 0.717) is 47.8 Å². The largest absolute Gasteiger partial charge is 0.495 e. The van der Waals surface area contributed by atoms with Gasteiger partial charge in [-0.25, -0.2) is 4.98 Å². The average molecular weight is 552 g/mol. The monoisotopic (exact) mass is 551 g/mol. The summed E-state index contributed by atoms with van der Waals surface area (Å²) in [7, 11) is 7.42. The first-order valence-electron chi connectivity index (χ1n) is 14.1. The molecule has 0 saturated heterocycles. The minimum Gasteiger partial charge on any atom is -0.495 e. The van der Waals surface area contributed by atoms with Crippen molar-refractivity contribution < 1.29 is 14.3 Å². The van der Waals surface area contributed by atoms with Gasteiger partial charge in [0.05, 0.1) is 24.4 Å². The Balaban J connectivity index is 1.58. The predicted octanol–water partition coefficient (Wildman–Crippen LogP) is 4.30. The smallest absolute Gasteiger partial charge is 0.251 e. The Morgan fingerprint density at radius 1 is 1.23 bits per heavy atom. The van der Waals surface area contributed by atoms with Gasteiger partial charge < -0.3 is 30.1 Å². The quantitative estimate of drug-likeness (QED) is 0.476. The van der Waals surface area contributed by atoms with Crippen LogP contribution in [0.2, 0.25) is 0 Å². The summed E-state index contributed by atoms with van der Waals surface area (Å²) in [4.78, 5) is 41.8. The number of hydrogen-bond acceptors (Lipinski definition) is 8. The summed E-state index contributed by atoms with van der Waals surface area (Å²) in [6.07, 6.45) is 6.26. The molecule has 0 bridgehead atoms. The standard InChI is InChI=1S/C30H45N7O3/c1-29(2,18-35(5)6)17-32-26(38)20-13-14-22(24(15-20)40-8)33-28-31-16-23-25(34-28)37(21-11-9-10-12-21)19-30(3,4)27(39)36(23)7/h13-16,21H,9-12,17-19H2,1-8H3,(H,32,38)(H,31,33,34). The lowest BCUT2D eigenvalue weighted by Crippen LogP contribution is -2.45. The second kappa shape index (κ2) is 11.6. The lowest BCUT2D eigenvalue weighted by Gasteiger charge is -2.34. The fourth-order valence-electron chi connectivity index (χ4n) is 5.91.